The van der Waals surface area contributed by atoms with E-state index in [0.717, 1.165) is 18.0 Å². The second-order valence-electron chi connectivity index (χ2n) is 6.79. The predicted octanol–water partition coefficient (Wildman–Crippen LogP) is 6.30. The van der Waals surface area contributed by atoms with Gasteiger partial charge in [-0.1, -0.05) is 23.2 Å². The van der Waals surface area contributed by atoms with E-state index in [-0.39, 0.29) is 44.6 Å². The van der Waals surface area contributed by atoms with E-state index in [0.29, 0.717) is 23.2 Å². The molecule has 10 heteroatoms. The first kappa shape index (κ1) is 24.1. The Labute approximate surface area is 197 Å². The Bertz CT molecular complexity index is 1160. The summed E-state index contributed by atoms with van der Waals surface area (Å²) in [5.41, 5.74) is 6.49. The molecule has 0 bridgehead atoms. The van der Waals surface area contributed by atoms with Crippen molar-refractivity contribution < 1.29 is 23.4 Å². The van der Waals surface area contributed by atoms with Crippen molar-refractivity contribution in [3.05, 3.63) is 69.7 Å². The molecule has 168 valence electrons. The number of phenolic OH excluding ortho intramolecular Hbond substituents is 1. The van der Waals surface area contributed by atoms with Crippen LogP contribution in [0.2, 0.25) is 10.0 Å². The first-order chi connectivity index (χ1) is 15.2. The molecule has 0 heterocycles. The number of aromatic hydroxyl groups is 1. The number of ether oxygens (including phenoxy) is 1. The maximum Gasteiger partial charge on any atom is 0.150 e. The van der Waals surface area contributed by atoms with Crippen LogP contribution in [0.25, 0.3) is 11.1 Å². The monoisotopic (exact) mass is 498 g/mol. The Morgan fingerprint density at radius 1 is 1.16 bits per heavy atom. The lowest BCUT2D eigenvalue weighted by molar-refractivity contribution is 0.112. The van der Waals surface area contributed by atoms with Crippen LogP contribution in [0.3, 0.4) is 0 Å². The molecule has 32 heavy (non-hydrogen) atoms. The number of rotatable bonds is 8. The Kier molecular flexibility index (Phi) is 7.84. The number of carbonyl (C=O) groups excluding carboxylic acids is 1. The second-order valence-corrected chi connectivity index (χ2v) is 8.45. The van der Waals surface area contributed by atoms with E-state index in [1.807, 2.05) is 0 Å². The molecule has 0 fully saturated rings. The van der Waals surface area contributed by atoms with Gasteiger partial charge in [0.1, 0.15) is 35.5 Å². The van der Waals surface area contributed by atoms with E-state index in [1.54, 1.807) is 6.92 Å². The lowest BCUT2D eigenvalue weighted by atomic mass is 10.0. The number of nitrogens with one attached hydrogen (secondary N) is 1. The molecule has 0 radical (unpaired) electrons. The first-order valence-corrected chi connectivity index (χ1v) is 10.9. The quantitative estimate of drug-likeness (QED) is 0.249. The highest BCUT2D eigenvalue weighted by Gasteiger charge is 2.17. The number of nitrogens with two attached hydrogens (primary N) is 1. The Morgan fingerprint density at radius 2 is 1.91 bits per heavy atom. The summed E-state index contributed by atoms with van der Waals surface area (Å²) in [6, 6.07) is 9.09. The lowest BCUT2D eigenvalue weighted by Crippen LogP contribution is -2.23. The van der Waals surface area contributed by atoms with Gasteiger partial charge in [0.15, 0.2) is 0 Å². The number of benzene rings is 3. The summed E-state index contributed by atoms with van der Waals surface area (Å²) in [6.45, 7) is 2.00. The number of phenols is 1. The zero-order chi connectivity index (χ0) is 23.4. The summed E-state index contributed by atoms with van der Waals surface area (Å²) in [7, 11) is 0. The van der Waals surface area contributed by atoms with Gasteiger partial charge < -0.3 is 20.3 Å². The Balaban J connectivity index is 1.99. The summed E-state index contributed by atoms with van der Waals surface area (Å²) < 4.78 is 37.1. The molecule has 3 aromatic carbocycles. The topological polar surface area (TPSA) is 84.6 Å². The number of aldehydes is 1. The van der Waals surface area contributed by atoms with Crippen LogP contribution in [0.15, 0.2) is 47.4 Å². The fourth-order valence-electron chi connectivity index (χ4n) is 2.76. The highest BCUT2D eigenvalue weighted by Crippen LogP contribution is 2.41. The third-order valence-corrected chi connectivity index (χ3v) is 5.86. The van der Waals surface area contributed by atoms with Crippen LogP contribution in [0.4, 0.5) is 14.5 Å². The molecule has 0 amide bonds. The van der Waals surface area contributed by atoms with E-state index >= 15 is 0 Å². The third-order valence-electron chi connectivity index (χ3n) is 4.41. The van der Waals surface area contributed by atoms with Gasteiger partial charge in [0.2, 0.25) is 0 Å². The van der Waals surface area contributed by atoms with Gasteiger partial charge in [0.05, 0.1) is 20.6 Å². The van der Waals surface area contributed by atoms with Gasteiger partial charge in [-0.25, -0.2) is 8.78 Å². The van der Waals surface area contributed by atoms with Crippen LogP contribution in [0, 0.1) is 11.6 Å². The summed E-state index contributed by atoms with van der Waals surface area (Å²) in [5.74, 6) is -1.14. The van der Waals surface area contributed by atoms with Gasteiger partial charge in [0, 0.05) is 23.2 Å². The SMILES string of the molecule is CC(CN)Oc1ccc(F)cc1-c1cc(NSc2cc(C=O)cc(Cl)c2O)c(F)cc1Cl. The molecular weight excluding hydrogens is 481 g/mol. The highest BCUT2D eigenvalue weighted by atomic mass is 35.5. The van der Waals surface area contributed by atoms with Crippen molar-refractivity contribution in [1.82, 2.24) is 0 Å². The molecule has 0 aliphatic carbocycles. The fraction of sp³-hybridized carbons (Fsp3) is 0.136. The molecule has 0 saturated heterocycles. The smallest absolute Gasteiger partial charge is 0.150 e. The number of carbonyl (C=O) groups is 1. The van der Waals surface area contributed by atoms with Gasteiger partial charge in [0.25, 0.3) is 0 Å². The minimum atomic E-state index is -0.683. The first-order valence-electron chi connectivity index (χ1n) is 9.29. The molecule has 0 saturated carbocycles. The summed E-state index contributed by atoms with van der Waals surface area (Å²) >= 11 is 13.0. The van der Waals surface area contributed by atoms with Crippen molar-refractivity contribution in [3.63, 3.8) is 0 Å². The van der Waals surface area contributed by atoms with E-state index < -0.39 is 11.6 Å². The standard InChI is InChI=1S/C22H18Cl2F2N2O3S/c1-11(9-27)31-20-3-2-13(25)6-15(20)14-7-19(18(26)8-16(14)23)28-32-21-5-12(10-29)4-17(24)22(21)30/h2-8,10-11,28,30H,9,27H2,1H3. The van der Waals surface area contributed by atoms with Crippen LogP contribution in [-0.2, 0) is 0 Å². The molecule has 0 aliphatic rings. The second kappa shape index (κ2) is 10.4. The molecular formula is C22H18Cl2F2N2O3S. The van der Waals surface area contributed by atoms with Crippen LogP contribution >= 0.6 is 35.1 Å². The molecule has 5 nitrogen and oxygen atoms in total. The maximum atomic E-state index is 14.6. The van der Waals surface area contributed by atoms with Crippen LogP contribution in [0.5, 0.6) is 11.5 Å². The van der Waals surface area contributed by atoms with Crippen molar-refractivity contribution in [2.45, 2.75) is 17.9 Å². The van der Waals surface area contributed by atoms with E-state index in [2.05, 4.69) is 4.72 Å². The average Bonchev–Trinajstić information content (AvgIpc) is 2.76. The highest BCUT2D eigenvalue weighted by molar-refractivity contribution is 8.00. The molecule has 3 aromatic rings. The Morgan fingerprint density at radius 3 is 2.59 bits per heavy atom. The molecule has 0 spiro atoms. The van der Waals surface area contributed by atoms with Crippen LogP contribution in [0.1, 0.15) is 17.3 Å². The van der Waals surface area contributed by atoms with Crippen molar-refractivity contribution in [2.75, 3.05) is 11.3 Å². The van der Waals surface area contributed by atoms with Gasteiger partial charge in [-0.15, -0.1) is 0 Å². The van der Waals surface area contributed by atoms with Crippen LogP contribution < -0.4 is 15.2 Å². The van der Waals surface area contributed by atoms with Gasteiger partial charge in [-0.3, -0.25) is 4.79 Å². The number of hydrogen-bond acceptors (Lipinski definition) is 6. The molecule has 4 N–H and O–H groups in total. The zero-order valence-electron chi connectivity index (χ0n) is 16.7. The molecule has 3 rings (SSSR count). The minimum Gasteiger partial charge on any atom is -0.505 e. The predicted molar refractivity (Wildman–Crippen MR) is 124 cm³/mol. The van der Waals surface area contributed by atoms with Crippen molar-refractivity contribution in [1.29, 1.82) is 0 Å². The van der Waals surface area contributed by atoms with Crippen molar-refractivity contribution >= 4 is 47.1 Å². The summed E-state index contributed by atoms with van der Waals surface area (Å²) in [6.07, 6.45) is 0.230. The Hall–Kier alpha value is -2.52. The average molecular weight is 499 g/mol. The lowest BCUT2D eigenvalue weighted by Gasteiger charge is -2.18. The number of anilines is 1. The molecule has 1 atom stereocenters. The largest absolute Gasteiger partial charge is 0.505 e. The maximum absolute atomic E-state index is 14.6. The summed E-state index contributed by atoms with van der Waals surface area (Å²) in [5, 5.41) is 10.1. The normalized spacial score (nSPS) is 11.8. The van der Waals surface area contributed by atoms with Crippen molar-refractivity contribution in [3.8, 4) is 22.6 Å². The molecule has 0 aliphatic heterocycles. The number of halogens is 4. The van der Waals surface area contributed by atoms with Gasteiger partial charge >= 0.3 is 0 Å². The molecule has 0 aromatic heterocycles. The van der Waals surface area contributed by atoms with E-state index in [1.165, 1.54) is 36.4 Å². The zero-order valence-corrected chi connectivity index (χ0v) is 19.0. The fourth-order valence-corrected chi connectivity index (χ4v) is 4.08. The van der Waals surface area contributed by atoms with E-state index in [4.69, 9.17) is 33.7 Å². The molecule has 1 unspecified atom stereocenters. The van der Waals surface area contributed by atoms with Crippen LogP contribution in [-0.4, -0.2) is 24.0 Å². The third kappa shape index (κ3) is 5.45. The van der Waals surface area contributed by atoms with E-state index in [9.17, 15) is 18.7 Å². The minimum absolute atomic E-state index is 0.00325. The number of hydrogen-bond donors (Lipinski definition) is 3. The van der Waals surface area contributed by atoms with Gasteiger partial charge in [-0.05, 0) is 61.3 Å². The van der Waals surface area contributed by atoms with Gasteiger partial charge in [-0.2, -0.15) is 0 Å². The summed E-state index contributed by atoms with van der Waals surface area (Å²) in [4.78, 5) is 11.3. The van der Waals surface area contributed by atoms with Crippen molar-refractivity contribution in [2.24, 2.45) is 5.73 Å².